The Morgan fingerprint density at radius 1 is 1.42 bits per heavy atom. The number of hydrogen-bond acceptors (Lipinski definition) is 6. The van der Waals surface area contributed by atoms with Crippen LogP contribution in [0.5, 0.6) is 11.5 Å². The number of ether oxygens (including phenoxy) is 3. The van der Waals surface area contributed by atoms with Crippen molar-refractivity contribution in [1.29, 1.82) is 0 Å². The lowest BCUT2D eigenvalue weighted by molar-refractivity contribution is -0.275. The van der Waals surface area contributed by atoms with Gasteiger partial charge in [0.05, 0.1) is 26.1 Å². The lowest BCUT2D eigenvalue weighted by Crippen LogP contribution is -2.20. The molecule has 0 aliphatic carbocycles. The Labute approximate surface area is 106 Å². The SMILES string of the molecule is COC(=O)c1c(CN)ncc(OC(F)(F)F)c1OC. The molecule has 0 aromatic carbocycles. The van der Waals surface area contributed by atoms with Gasteiger partial charge in [-0.3, -0.25) is 4.98 Å². The summed E-state index contributed by atoms with van der Waals surface area (Å²) in [6, 6.07) is 0. The fraction of sp³-hybridized carbons (Fsp3) is 0.400. The molecule has 0 amide bonds. The number of methoxy groups -OCH3 is 2. The van der Waals surface area contributed by atoms with Crippen molar-refractivity contribution in [2.24, 2.45) is 5.73 Å². The zero-order chi connectivity index (χ0) is 14.6. The normalized spacial score (nSPS) is 11.1. The molecule has 1 aromatic heterocycles. The van der Waals surface area contributed by atoms with E-state index in [2.05, 4.69) is 14.5 Å². The van der Waals surface area contributed by atoms with Crippen molar-refractivity contribution in [2.45, 2.75) is 12.9 Å². The molecule has 1 heterocycles. The quantitative estimate of drug-likeness (QED) is 0.835. The molecule has 6 nitrogen and oxygen atoms in total. The second kappa shape index (κ2) is 5.74. The van der Waals surface area contributed by atoms with E-state index in [1.165, 1.54) is 0 Å². The second-order valence-electron chi connectivity index (χ2n) is 3.22. The van der Waals surface area contributed by atoms with Crippen LogP contribution in [0.15, 0.2) is 6.20 Å². The molecule has 1 aromatic rings. The van der Waals surface area contributed by atoms with E-state index < -0.39 is 23.8 Å². The lowest BCUT2D eigenvalue weighted by Gasteiger charge is -2.16. The van der Waals surface area contributed by atoms with Crippen LogP contribution in [0.4, 0.5) is 13.2 Å². The number of halogens is 3. The molecule has 0 saturated heterocycles. The second-order valence-corrected chi connectivity index (χ2v) is 3.22. The van der Waals surface area contributed by atoms with Crippen LogP contribution in [0.25, 0.3) is 0 Å². The summed E-state index contributed by atoms with van der Waals surface area (Å²) in [4.78, 5) is 15.2. The lowest BCUT2D eigenvalue weighted by atomic mass is 10.1. The number of pyridine rings is 1. The molecule has 9 heteroatoms. The first-order valence-electron chi connectivity index (χ1n) is 4.94. The molecule has 0 fully saturated rings. The first-order valence-corrected chi connectivity index (χ1v) is 4.94. The van der Waals surface area contributed by atoms with Gasteiger partial charge >= 0.3 is 12.3 Å². The molecule has 0 saturated carbocycles. The highest BCUT2D eigenvalue weighted by molar-refractivity contribution is 5.94. The molecule has 106 valence electrons. The van der Waals surface area contributed by atoms with Crippen molar-refractivity contribution < 1.29 is 32.2 Å². The van der Waals surface area contributed by atoms with Crippen molar-refractivity contribution in [3.05, 3.63) is 17.5 Å². The summed E-state index contributed by atoms with van der Waals surface area (Å²) in [7, 11) is 2.16. The van der Waals surface area contributed by atoms with Crippen LogP contribution >= 0.6 is 0 Å². The van der Waals surface area contributed by atoms with Crippen molar-refractivity contribution in [3.63, 3.8) is 0 Å². The van der Waals surface area contributed by atoms with Gasteiger partial charge in [-0.1, -0.05) is 0 Å². The molecule has 0 radical (unpaired) electrons. The number of alkyl halides is 3. The number of aromatic nitrogens is 1. The van der Waals surface area contributed by atoms with Gasteiger partial charge in [0.15, 0.2) is 11.5 Å². The Bertz CT molecular complexity index is 477. The van der Waals surface area contributed by atoms with Gasteiger partial charge in [-0.05, 0) is 0 Å². The summed E-state index contributed by atoms with van der Waals surface area (Å²) in [5.41, 5.74) is 5.10. The van der Waals surface area contributed by atoms with Gasteiger partial charge in [-0.2, -0.15) is 0 Å². The molecular weight excluding hydrogens is 269 g/mol. The molecule has 0 unspecified atom stereocenters. The van der Waals surface area contributed by atoms with Crippen molar-refractivity contribution in [2.75, 3.05) is 14.2 Å². The van der Waals surface area contributed by atoms with Gasteiger partial charge in [0.25, 0.3) is 0 Å². The van der Waals surface area contributed by atoms with Crippen LogP contribution in [0.1, 0.15) is 16.1 Å². The molecule has 2 N–H and O–H groups in total. The summed E-state index contributed by atoms with van der Waals surface area (Å²) in [6.07, 6.45) is -4.16. The molecule has 0 spiro atoms. The van der Waals surface area contributed by atoms with E-state index in [9.17, 15) is 18.0 Å². The molecule has 1 rings (SSSR count). The van der Waals surface area contributed by atoms with Gasteiger partial charge in [0, 0.05) is 6.54 Å². The largest absolute Gasteiger partial charge is 0.573 e. The van der Waals surface area contributed by atoms with E-state index in [0.717, 1.165) is 20.4 Å². The van der Waals surface area contributed by atoms with E-state index in [4.69, 9.17) is 10.5 Å². The topological polar surface area (TPSA) is 83.7 Å². The monoisotopic (exact) mass is 280 g/mol. The third-order valence-corrected chi connectivity index (χ3v) is 2.09. The van der Waals surface area contributed by atoms with Crippen LogP contribution in [-0.2, 0) is 11.3 Å². The molecule has 19 heavy (non-hydrogen) atoms. The zero-order valence-corrected chi connectivity index (χ0v) is 10.1. The van der Waals surface area contributed by atoms with E-state index in [0.29, 0.717) is 0 Å². The smallest absolute Gasteiger partial charge is 0.492 e. The number of esters is 1. The minimum Gasteiger partial charge on any atom is -0.492 e. The highest BCUT2D eigenvalue weighted by atomic mass is 19.4. The summed E-state index contributed by atoms with van der Waals surface area (Å²) in [5, 5.41) is 0. The van der Waals surface area contributed by atoms with Gasteiger partial charge in [-0.25, -0.2) is 4.79 Å². The maximum absolute atomic E-state index is 12.2. The van der Waals surface area contributed by atoms with Crippen molar-refractivity contribution >= 4 is 5.97 Å². The Hall–Kier alpha value is -2.03. The van der Waals surface area contributed by atoms with E-state index in [1.54, 1.807) is 0 Å². The Balaban J connectivity index is 3.40. The third-order valence-electron chi connectivity index (χ3n) is 2.09. The summed E-state index contributed by atoms with van der Waals surface area (Å²) in [5.74, 6) is -2.09. The highest BCUT2D eigenvalue weighted by Gasteiger charge is 2.34. The highest BCUT2D eigenvalue weighted by Crippen LogP contribution is 2.35. The zero-order valence-electron chi connectivity index (χ0n) is 10.1. The van der Waals surface area contributed by atoms with E-state index in [1.807, 2.05) is 0 Å². The van der Waals surface area contributed by atoms with Crippen molar-refractivity contribution in [3.8, 4) is 11.5 Å². The fourth-order valence-electron chi connectivity index (χ4n) is 1.38. The fourth-order valence-corrected chi connectivity index (χ4v) is 1.38. The first kappa shape index (κ1) is 15.0. The summed E-state index contributed by atoms with van der Waals surface area (Å²) in [6.45, 7) is -0.174. The van der Waals surface area contributed by atoms with Crippen LogP contribution in [0, 0.1) is 0 Å². The number of hydrogen-bond donors (Lipinski definition) is 1. The minimum atomic E-state index is -4.94. The number of carbonyl (C=O) groups is 1. The van der Waals surface area contributed by atoms with Gasteiger partial charge in [-0.15, -0.1) is 13.2 Å². The Kier molecular flexibility index (Phi) is 4.54. The minimum absolute atomic E-state index is 0.0400. The summed E-state index contributed by atoms with van der Waals surface area (Å²) < 4.78 is 49.6. The number of nitrogens with zero attached hydrogens (tertiary/aromatic N) is 1. The number of carbonyl (C=O) groups excluding carboxylic acids is 1. The van der Waals surface area contributed by atoms with E-state index in [-0.39, 0.29) is 17.8 Å². The molecule has 0 aliphatic rings. The third kappa shape index (κ3) is 3.47. The maximum Gasteiger partial charge on any atom is 0.573 e. The van der Waals surface area contributed by atoms with Gasteiger partial charge < -0.3 is 19.9 Å². The standard InChI is InChI=1S/C10H11F3N2O4/c1-17-8-6(19-10(11,12)13)4-15-5(3-14)7(8)9(16)18-2/h4H,3,14H2,1-2H3. The number of rotatable bonds is 4. The van der Waals surface area contributed by atoms with Crippen LogP contribution in [-0.4, -0.2) is 31.5 Å². The predicted molar refractivity (Wildman–Crippen MR) is 56.7 cm³/mol. The first-order chi connectivity index (χ1) is 8.84. The molecular formula is C10H11F3N2O4. The van der Waals surface area contributed by atoms with Crippen LogP contribution < -0.4 is 15.2 Å². The predicted octanol–water partition coefficient (Wildman–Crippen LogP) is 1.23. The summed E-state index contributed by atoms with van der Waals surface area (Å²) >= 11 is 0. The van der Waals surface area contributed by atoms with Crippen LogP contribution in [0.3, 0.4) is 0 Å². The van der Waals surface area contributed by atoms with Gasteiger partial charge in [0.2, 0.25) is 0 Å². The van der Waals surface area contributed by atoms with Gasteiger partial charge in [0.1, 0.15) is 5.56 Å². The van der Waals surface area contributed by atoms with Crippen molar-refractivity contribution in [1.82, 2.24) is 4.98 Å². The number of nitrogens with two attached hydrogens (primary N) is 1. The Morgan fingerprint density at radius 3 is 2.47 bits per heavy atom. The average molecular weight is 280 g/mol. The Morgan fingerprint density at radius 2 is 2.05 bits per heavy atom. The van der Waals surface area contributed by atoms with E-state index >= 15 is 0 Å². The molecule has 0 atom stereocenters. The van der Waals surface area contributed by atoms with Crippen LogP contribution in [0.2, 0.25) is 0 Å². The molecule has 0 bridgehead atoms. The average Bonchev–Trinajstić information content (AvgIpc) is 2.35. The molecule has 0 aliphatic heterocycles. The maximum atomic E-state index is 12.2.